The molecule has 3 rings (SSSR count). The van der Waals surface area contributed by atoms with E-state index >= 15 is 0 Å². The van der Waals surface area contributed by atoms with Gasteiger partial charge in [0.15, 0.2) is 0 Å². The zero-order valence-electron chi connectivity index (χ0n) is 10.3. The van der Waals surface area contributed by atoms with Crippen LogP contribution in [-0.4, -0.2) is 11.7 Å². The molecule has 1 unspecified atom stereocenters. The maximum absolute atomic E-state index is 12.3. The number of rotatable bonds is 2. The minimum absolute atomic E-state index is 0.0437. The summed E-state index contributed by atoms with van der Waals surface area (Å²) in [6, 6.07) is 15.3. The number of benzene rings is 2. The number of carbonyl (C=O) groups excluding carboxylic acids is 1. The lowest BCUT2D eigenvalue weighted by Crippen LogP contribution is -2.20. The summed E-state index contributed by atoms with van der Waals surface area (Å²) in [6.45, 7) is 0. The average molecular weight is 270 g/mol. The molecule has 1 aliphatic heterocycles. The van der Waals surface area contributed by atoms with Crippen LogP contribution in [0.5, 0.6) is 0 Å². The summed E-state index contributed by atoms with van der Waals surface area (Å²) in [5.74, 6) is 0.779. The largest absolute Gasteiger partial charge is 0.399 e. The molecule has 19 heavy (non-hydrogen) atoms. The van der Waals surface area contributed by atoms with E-state index in [-0.39, 0.29) is 11.8 Å². The second-order valence-corrected chi connectivity index (χ2v) is 5.57. The molecule has 0 bridgehead atoms. The van der Waals surface area contributed by atoms with Crippen LogP contribution in [-0.2, 0) is 4.79 Å². The van der Waals surface area contributed by atoms with Crippen molar-refractivity contribution in [1.82, 2.24) is 0 Å². The van der Waals surface area contributed by atoms with Crippen LogP contribution in [0.2, 0.25) is 0 Å². The van der Waals surface area contributed by atoms with Crippen molar-refractivity contribution in [3.63, 3.8) is 0 Å². The van der Waals surface area contributed by atoms with Crippen LogP contribution in [0.4, 0.5) is 11.4 Å². The van der Waals surface area contributed by atoms with Gasteiger partial charge in [0.1, 0.15) is 0 Å². The first kappa shape index (κ1) is 12.1. The Hall–Kier alpha value is -1.94. The standard InChI is InChI=1S/C15H14N2OS/c16-10-5-7-11(8-6-10)17-15(18)13-9-19-14-4-2-1-3-12(13)14/h1-8,13H,9,16H2,(H,17,18). The maximum Gasteiger partial charge on any atom is 0.232 e. The molecule has 2 aromatic carbocycles. The molecule has 0 aliphatic carbocycles. The smallest absolute Gasteiger partial charge is 0.232 e. The van der Waals surface area contributed by atoms with E-state index in [0.717, 1.165) is 17.0 Å². The fourth-order valence-electron chi connectivity index (χ4n) is 2.18. The highest BCUT2D eigenvalue weighted by atomic mass is 32.2. The van der Waals surface area contributed by atoms with Crippen molar-refractivity contribution in [2.45, 2.75) is 10.8 Å². The topological polar surface area (TPSA) is 55.1 Å². The number of fused-ring (bicyclic) bond motifs is 1. The molecule has 1 heterocycles. The number of hydrogen-bond donors (Lipinski definition) is 2. The van der Waals surface area contributed by atoms with Gasteiger partial charge in [-0.15, -0.1) is 11.8 Å². The molecular formula is C15H14N2OS. The fourth-order valence-corrected chi connectivity index (χ4v) is 3.40. The first-order valence-electron chi connectivity index (χ1n) is 6.12. The number of hydrogen-bond acceptors (Lipinski definition) is 3. The summed E-state index contributed by atoms with van der Waals surface area (Å²) in [7, 11) is 0. The molecular weight excluding hydrogens is 256 g/mol. The molecule has 3 nitrogen and oxygen atoms in total. The predicted octanol–water partition coefficient (Wildman–Crippen LogP) is 3.10. The molecule has 0 fully saturated rings. The maximum atomic E-state index is 12.3. The van der Waals surface area contributed by atoms with Crippen molar-refractivity contribution in [3.05, 3.63) is 54.1 Å². The van der Waals surface area contributed by atoms with Crippen LogP contribution < -0.4 is 11.1 Å². The second kappa shape index (κ2) is 4.97. The number of amides is 1. The molecule has 1 amide bonds. The quantitative estimate of drug-likeness (QED) is 0.824. The van der Waals surface area contributed by atoms with Gasteiger partial charge >= 0.3 is 0 Å². The Labute approximate surface area is 116 Å². The molecule has 0 radical (unpaired) electrons. The second-order valence-electron chi connectivity index (χ2n) is 4.51. The lowest BCUT2D eigenvalue weighted by atomic mass is 10.0. The first-order valence-corrected chi connectivity index (χ1v) is 7.11. The Balaban J connectivity index is 1.77. The van der Waals surface area contributed by atoms with Gasteiger partial charge in [-0.1, -0.05) is 18.2 Å². The van der Waals surface area contributed by atoms with E-state index in [9.17, 15) is 4.79 Å². The van der Waals surface area contributed by atoms with Gasteiger partial charge in [0, 0.05) is 22.0 Å². The van der Waals surface area contributed by atoms with Gasteiger partial charge < -0.3 is 11.1 Å². The molecule has 96 valence electrons. The predicted molar refractivity (Wildman–Crippen MR) is 79.4 cm³/mol. The van der Waals surface area contributed by atoms with Crippen LogP contribution in [0.15, 0.2) is 53.4 Å². The number of thioether (sulfide) groups is 1. The zero-order valence-corrected chi connectivity index (χ0v) is 11.1. The Bertz CT molecular complexity index is 610. The molecule has 3 N–H and O–H groups in total. The molecule has 2 aromatic rings. The summed E-state index contributed by atoms with van der Waals surface area (Å²) in [5, 5.41) is 2.94. The molecule has 0 saturated heterocycles. The van der Waals surface area contributed by atoms with Crippen molar-refractivity contribution in [2.24, 2.45) is 0 Å². The highest BCUT2D eigenvalue weighted by Gasteiger charge is 2.28. The van der Waals surface area contributed by atoms with E-state index < -0.39 is 0 Å². The van der Waals surface area contributed by atoms with Crippen LogP contribution >= 0.6 is 11.8 Å². The highest BCUT2D eigenvalue weighted by molar-refractivity contribution is 7.99. The third-order valence-electron chi connectivity index (χ3n) is 3.19. The van der Waals surface area contributed by atoms with Gasteiger partial charge in [-0.3, -0.25) is 4.79 Å². The number of anilines is 2. The van der Waals surface area contributed by atoms with Crippen LogP contribution in [0.25, 0.3) is 0 Å². The summed E-state index contributed by atoms with van der Waals surface area (Å²) in [6.07, 6.45) is 0. The minimum atomic E-state index is -0.0706. The van der Waals surface area contributed by atoms with Gasteiger partial charge in [0.2, 0.25) is 5.91 Å². The van der Waals surface area contributed by atoms with Crippen molar-refractivity contribution in [3.8, 4) is 0 Å². The lowest BCUT2D eigenvalue weighted by molar-refractivity contribution is -0.117. The fraction of sp³-hybridized carbons (Fsp3) is 0.133. The van der Waals surface area contributed by atoms with E-state index in [1.165, 1.54) is 4.90 Å². The molecule has 0 aromatic heterocycles. The van der Waals surface area contributed by atoms with Gasteiger partial charge in [0.05, 0.1) is 5.92 Å². The Morgan fingerprint density at radius 2 is 1.89 bits per heavy atom. The zero-order chi connectivity index (χ0) is 13.2. The van der Waals surface area contributed by atoms with E-state index in [1.807, 2.05) is 30.3 Å². The molecule has 1 atom stereocenters. The van der Waals surface area contributed by atoms with Gasteiger partial charge in [-0.05, 0) is 35.9 Å². The van der Waals surface area contributed by atoms with Gasteiger partial charge in [0.25, 0.3) is 0 Å². The summed E-state index contributed by atoms with van der Waals surface area (Å²) >= 11 is 1.74. The third kappa shape index (κ3) is 2.44. The van der Waals surface area contributed by atoms with Crippen molar-refractivity contribution in [1.29, 1.82) is 0 Å². The molecule has 0 saturated carbocycles. The van der Waals surface area contributed by atoms with Gasteiger partial charge in [-0.25, -0.2) is 0 Å². The summed E-state index contributed by atoms with van der Waals surface area (Å²) in [5.41, 5.74) is 8.23. The van der Waals surface area contributed by atoms with E-state index in [1.54, 1.807) is 23.9 Å². The van der Waals surface area contributed by atoms with Crippen LogP contribution in [0.1, 0.15) is 11.5 Å². The van der Waals surface area contributed by atoms with E-state index in [0.29, 0.717) is 5.69 Å². The van der Waals surface area contributed by atoms with Crippen LogP contribution in [0, 0.1) is 0 Å². The Kier molecular flexibility index (Phi) is 3.17. The normalized spacial score (nSPS) is 16.9. The number of carbonyl (C=O) groups is 1. The van der Waals surface area contributed by atoms with Gasteiger partial charge in [-0.2, -0.15) is 0 Å². The van der Waals surface area contributed by atoms with E-state index in [4.69, 9.17) is 5.73 Å². The first-order chi connectivity index (χ1) is 9.24. The summed E-state index contributed by atoms with van der Waals surface area (Å²) < 4.78 is 0. The monoisotopic (exact) mass is 270 g/mol. The molecule has 1 aliphatic rings. The Morgan fingerprint density at radius 3 is 2.68 bits per heavy atom. The number of nitrogens with two attached hydrogens (primary N) is 1. The average Bonchev–Trinajstić information content (AvgIpc) is 2.85. The molecule has 0 spiro atoms. The third-order valence-corrected chi connectivity index (χ3v) is 4.38. The lowest BCUT2D eigenvalue weighted by Gasteiger charge is -2.11. The minimum Gasteiger partial charge on any atom is -0.399 e. The van der Waals surface area contributed by atoms with Crippen molar-refractivity contribution < 1.29 is 4.79 Å². The highest BCUT2D eigenvalue weighted by Crippen LogP contribution is 2.39. The molecule has 4 heteroatoms. The number of nitrogen functional groups attached to an aromatic ring is 1. The number of nitrogens with one attached hydrogen (secondary N) is 1. The van der Waals surface area contributed by atoms with Crippen molar-refractivity contribution in [2.75, 3.05) is 16.8 Å². The van der Waals surface area contributed by atoms with Crippen molar-refractivity contribution >= 4 is 29.0 Å². The Morgan fingerprint density at radius 1 is 1.16 bits per heavy atom. The SMILES string of the molecule is Nc1ccc(NC(=O)C2CSc3ccccc32)cc1. The van der Waals surface area contributed by atoms with Crippen LogP contribution in [0.3, 0.4) is 0 Å². The summed E-state index contributed by atoms with van der Waals surface area (Å²) in [4.78, 5) is 13.5. The van der Waals surface area contributed by atoms with E-state index in [2.05, 4.69) is 11.4 Å².